The zero-order valence-corrected chi connectivity index (χ0v) is 20.8. The van der Waals surface area contributed by atoms with E-state index in [1.807, 2.05) is 24.3 Å². The van der Waals surface area contributed by atoms with Crippen molar-refractivity contribution in [1.82, 2.24) is 0 Å². The van der Waals surface area contributed by atoms with Crippen LogP contribution < -0.4 is 24.3 Å². The van der Waals surface area contributed by atoms with Gasteiger partial charge in [-0.2, -0.15) is 0 Å². The van der Waals surface area contributed by atoms with Crippen molar-refractivity contribution >= 4 is 23.2 Å². The maximum absolute atomic E-state index is 13.5. The fraction of sp³-hybridized carbons (Fsp3) is 0.250. The van der Waals surface area contributed by atoms with E-state index in [2.05, 4.69) is 19.2 Å². The zero-order chi connectivity index (χ0) is 25.5. The summed E-state index contributed by atoms with van der Waals surface area (Å²) in [6.07, 6.45) is 1.68. The Morgan fingerprint density at radius 3 is 1.91 bits per heavy atom. The number of nitrogens with one attached hydrogen (secondary N) is 1. The van der Waals surface area contributed by atoms with Crippen LogP contribution in [0.3, 0.4) is 0 Å². The first-order valence-electron chi connectivity index (χ1n) is 11.1. The number of ether oxygens (including phenoxy) is 4. The zero-order valence-electron chi connectivity index (χ0n) is 20.8. The summed E-state index contributed by atoms with van der Waals surface area (Å²) in [5.41, 5.74) is 3.33. The molecule has 0 saturated carbocycles. The molecule has 0 unspecified atom stereocenters. The highest BCUT2D eigenvalue weighted by molar-refractivity contribution is 6.29. The predicted octanol–water partition coefficient (Wildman–Crippen LogP) is 5.73. The van der Waals surface area contributed by atoms with Gasteiger partial charge in [0.05, 0.1) is 28.4 Å². The number of benzene rings is 3. The Labute approximate surface area is 205 Å². The van der Waals surface area contributed by atoms with Crippen LogP contribution in [0.5, 0.6) is 28.7 Å². The van der Waals surface area contributed by atoms with E-state index >= 15 is 0 Å². The molecule has 3 aromatic carbocycles. The highest BCUT2D eigenvalue weighted by atomic mass is 16.5. The quantitative estimate of drug-likeness (QED) is 0.302. The number of carbonyl (C=O) groups excluding carboxylic acids is 1. The first kappa shape index (κ1) is 25.5. The lowest BCUT2D eigenvalue weighted by molar-refractivity contribution is -0.111. The molecule has 0 atom stereocenters. The largest absolute Gasteiger partial charge is 0.504 e. The van der Waals surface area contributed by atoms with E-state index in [0.717, 1.165) is 0 Å². The summed E-state index contributed by atoms with van der Waals surface area (Å²) in [6.45, 7) is 4.23. The molecule has 0 spiro atoms. The minimum Gasteiger partial charge on any atom is -0.504 e. The van der Waals surface area contributed by atoms with Crippen LogP contribution >= 0.6 is 0 Å². The molecule has 2 N–H and O–H groups in total. The second-order valence-corrected chi connectivity index (χ2v) is 8.13. The molecule has 3 rings (SSSR count). The molecule has 184 valence electrons. The lowest BCUT2D eigenvalue weighted by Gasteiger charge is -2.16. The SMILES string of the molecule is COc1ccc(/C=C(/C(=O)Nc2ccc(C(C)C)cc2)c2cc(OC)c(OC)c(OC)c2)cc1O. The van der Waals surface area contributed by atoms with E-state index in [-0.39, 0.29) is 11.7 Å². The lowest BCUT2D eigenvalue weighted by atomic mass is 10.00. The fourth-order valence-electron chi connectivity index (χ4n) is 3.63. The second-order valence-electron chi connectivity index (χ2n) is 8.13. The monoisotopic (exact) mass is 477 g/mol. The van der Waals surface area contributed by atoms with Gasteiger partial charge >= 0.3 is 0 Å². The molecule has 0 aromatic heterocycles. The highest BCUT2D eigenvalue weighted by Crippen LogP contribution is 2.40. The number of aromatic hydroxyl groups is 1. The lowest BCUT2D eigenvalue weighted by Crippen LogP contribution is -2.14. The Morgan fingerprint density at radius 1 is 0.829 bits per heavy atom. The molecular weight excluding hydrogens is 446 g/mol. The molecule has 0 fully saturated rings. The summed E-state index contributed by atoms with van der Waals surface area (Å²) in [6, 6.07) is 16.1. The van der Waals surface area contributed by atoms with Crippen molar-refractivity contribution in [2.24, 2.45) is 0 Å². The van der Waals surface area contributed by atoms with Crippen LogP contribution in [0.15, 0.2) is 54.6 Å². The van der Waals surface area contributed by atoms with E-state index < -0.39 is 0 Å². The summed E-state index contributed by atoms with van der Waals surface area (Å²) in [4.78, 5) is 13.5. The number of phenols is 1. The molecule has 0 aliphatic heterocycles. The molecule has 0 aliphatic carbocycles. The first-order valence-corrected chi connectivity index (χ1v) is 11.1. The Balaban J connectivity index is 2.10. The maximum atomic E-state index is 13.5. The number of amides is 1. The summed E-state index contributed by atoms with van der Waals surface area (Å²) in [7, 11) is 6.03. The highest BCUT2D eigenvalue weighted by Gasteiger charge is 2.20. The van der Waals surface area contributed by atoms with Gasteiger partial charge < -0.3 is 29.4 Å². The number of hydrogen-bond donors (Lipinski definition) is 2. The van der Waals surface area contributed by atoms with Gasteiger partial charge in [-0.15, -0.1) is 0 Å². The van der Waals surface area contributed by atoms with Gasteiger partial charge in [-0.25, -0.2) is 0 Å². The van der Waals surface area contributed by atoms with E-state index in [1.54, 1.807) is 30.3 Å². The van der Waals surface area contributed by atoms with E-state index in [1.165, 1.54) is 40.1 Å². The number of anilines is 1. The fourth-order valence-corrected chi connectivity index (χ4v) is 3.63. The van der Waals surface area contributed by atoms with Gasteiger partial charge in [-0.05, 0) is 65.1 Å². The topological polar surface area (TPSA) is 86.3 Å². The molecule has 1 amide bonds. The number of hydrogen-bond acceptors (Lipinski definition) is 6. The third kappa shape index (κ3) is 5.87. The van der Waals surface area contributed by atoms with Crippen molar-refractivity contribution in [3.05, 3.63) is 71.3 Å². The van der Waals surface area contributed by atoms with Gasteiger partial charge in [0, 0.05) is 11.3 Å². The van der Waals surface area contributed by atoms with Gasteiger partial charge in [0.25, 0.3) is 5.91 Å². The van der Waals surface area contributed by atoms with Crippen molar-refractivity contribution in [3.8, 4) is 28.7 Å². The van der Waals surface area contributed by atoms with Crippen LogP contribution in [-0.4, -0.2) is 39.5 Å². The van der Waals surface area contributed by atoms with Crippen LogP contribution in [-0.2, 0) is 4.79 Å². The van der Waals surface area contributed by atoms with Gasteiger partial charge in [0.1, 0.15) is 0 Å². The second kappa shape index (κ2) is 11.3. The predicted molar refractivity (Wildman–Crippen MR) is 138 cm³/mol. The first-order chi connectivity index (χ1) is 16.8. The standard InChI is InChI=1S/C28H31NO6/c1-17(2)19-8-10-21(11-9-19)29-28(31)22(13-18-7-12-24(32-3)23(30)14-18)20-15-25(33-4)27(35-6)26(16-20)34-5/h7-17,30H,1-6H3,(H,29,31)/b22-13+. The molecule has 0 aliphatic rings. The summed E-state index contributed by atoms with van der Waals surface area (Å²) < 4.78 is 21.5. The minimum absolute atomic E-state index is 0.0322. The van der Waals surface area contributed by atoms with Gasteiger partial charge in [-0.1, -0.05) is 32.0 Å². The Kier molecular flexibility index (Phi) is 8.25. The molecule has 7 heteroatoms. The number of rotatable bonds is 9. The van der Waals surface area contributed by atoms with E-state index in [0.29, 0.717) is 51.3 Å². The van der Waals surface area contributed by atoms with Gasteiger partial charge in [0.15, 0.2) is 23.0 Å². The van der Waals surface area contributed by atoms with Crippen LogP contribution in [0.25, 0.3) is 11.6 Å². The maximum Gasteiger partial charge on any atom is 0.256 e. The van der Waals surface area contributed by atoms with Crippen LogP contribution in [0.1, 0.15) is 36.5 Å². The van der Waals surface area contributed by atoms with Crippen molar-refractivity contribution in [2.75, 3.05) is 33.8 Å². The van der Waals surface area contributed by atoms with E-state index in [4.69, 9.17) is 18.9 Å². The van der Waals surface area contributed by atoms with Crippen LogP contribution in [0.2, 0.25) is 0 Å². The van der Waals surface area contributed by atoms with Gasteiger partial charge in [0.2, 0.25) is 5.75 Å². The van der Waals surface area contributed by atoms with Crippen molar-refractivity contribution < 1.29 is 28.8 Å². The summed E-state index contributed by atoms with van der Waals surface area (Å²) in [5.74, 6) is 1.61. The molecule has 0 saturated heterocycles. The molecule has 3 aromatic rings. The minimum atomic E-state index is -0.341. The number of carbonyl (C=O) groups is 1. The molecule has 7 nitrogen and oxygen atoms in total. The van der Waals surface area contributed by atoms with E-state index in [9.17, 15) is 9.90 Å². The van der Waals surface area contributed by atoms with Crippen molar-refractivity contribution in [2.45, 2.75) is 19.8 Å². The molecule has 35 heavy (non-hydrogen) atoms. The normalized spacial score (nSPS) is 11.2. The molecule has 0 heterocycles. The van der Waals surface area contributed by atoms with Crippen LogP contribution in [0.4, 0.5) is 5.69 Å². The third-order valence-corrected chi connectivity index (χ3v) is 5.57. The average molecular weight is 478 g/mol. The Bertz CT molecular complexity index is 1190. The Hall–Kier alpha value is -4.13. The number of methoxy groups -OCH3 is 4. The van der Waals surface area contributed by atoms with Crippen LogP contribution in [0, 0.1) is 0 Å². The number of phenolic OH excluding ortho intramolecular Hbond substituents is 1. The summed E-state index contributed by atoms with van der Waals surface area (Å²) in [5, 5.41) is 13.2. The third-order valence-electron chi connectivity index (χ3n) is 5.57. The van der Waals surface area contributed by atoms with Gasteiger partial charge in [-0.3, -0.25) is 4.79 Å². The average Bonchev–Trinajstić information content (AvgIpc) is 2.86. The molecule has 0 radical (unpaired) electrons. The molecule has 0 bridgehead atoms. The van der Waals surface area contributed by atoms with Crippen molar-refractivity contribution in [1.29, 1.82) is 0 Å². The molecular formula is C28H31NO6. The van der Waals surface area contributed by atoms with Crippen molar-refractivity contribution in [3.63, 3.8) is 0 Å². The summed E-state index contributed by atoms with van der Waals surface area (Å²) >= 11 is 0. The smallest absolute Gasteiger partial charge is 0.256 e. The Morgan fingerprint density at radius 2 is 1.43 bits per heavy atom.